The average molecular weight is 398 g/mol. The van der Waals surface area contributed by atoms with E-state index in [1.807, 2.05) is 27.7 Å². The number of hydrogen-bond acceptors (Lipinski definition) is 5. The van der Waals surface area contributed by atoms with Crippen molar-refractivity contribution in [2.24, 2.45) is 0 Å². The van der Waals surface area contributed by atoms with Crippen molar-refractivity contribution in [3.05, 3.63) is 33.2 Å². The number of hydrogen-bond donors (Lipinski definition) is 0. The van der Waals surface area contributed by atoms with Crippen LogP contribution in [0.15, 0.2) is 27.5 Å². The molecule has 0 aliphatic heterocycles. The van der Waals surface area contributed by atoms with Crippen molar-refractivity contribution in [2.75, 3.05) is 13.1 Å². The van der Waals surface area contributed by atoms with Gasteiger partial charge in [-0.2, -0.15) is 4.68 Å². The van der Waals surface area contributed by atoms with Crippen molar-refractivity contribution in [1.29, 1.82) is 0 Å². The molecule has 8 nitrogen and oxygen atoms in total. The smallest absolute Gasteiger partial charge is 0.377 e. The molecule has 130 valence electrons. The van der Waals surface area contributed by atoms with Crippen LogP contribution in [-0.4, -0.2) is 49.9 Å². The third-order valence-corrected chi connectivity index (χ3v) is 3.94. The molecule has 0 fully saturated rings. The summed E-state index contributed by atoms with van der Waals surface area (Å²) in [6, 6.07) is 4.62. The lowest BCUT2D eigenvalue weighted by atomic mass is 10.3. The Hall–Kier alpha value is -2.16. The molecule has 2 rings (SSSR count). The molecule has 0 radical (unpaired) electrons. The molecule has 9 heteroatoms. The zero-order chi connectivity index (χ0) is 17.9. The molecule has 24 heavy (non-hydrogen) atoms. The summed E-state index contributed by atoms with van der Waals surface area (Å²) in [7, 11) is 0. The summed E-state index contributed by atoms with van der Waals surface area (Å²) in [6.45, 7) is 8.50. The van der Waals surface area contributed by atoms with Crippen molar-refractivity contribution in [3.8, 4) is 11.4 Å². The van der Waals surface area contributed by atoms with Crippen LogP contribution in [0.2, 0.25) is 0 Å². The molecule has 0 unspecified atom stereocenters. The van der Waals surface area contributed by atoms with Crippen LogP contribution in [-0.2, 0) is 0 Å². The molecule has 1 aromatic carbocycles. The van der Waals surface area contributed by atoms with Gasteiger partial charge in [0.15, 0.2) is 0 Å². The highest BCUT2D eigenvalue weighted by molar-refractivity contribution is 9.10. The molecular weight excluding hydrogens is 378 g/mol. The van der Waals surface area contributed by atoms with E-state index < -0.39 is 11.7 Å². The van der Waals surface area contributed by atoms with Gasteiger partial charge in [-0.15, -0.1) is 4.68 Å². The monoisotopic (exact) mass is 397 g/mol. The lowest BCUT2D eigenvalue weighted by molar-refractivity contribution is 0.200. The average Bonchev–Trinajstić information content (AvgIpc) is 2.91. The zero-order valence-corrected chi connectivity index (χ0v) is 15.6. The Kier molecular flexibility index (Phi) is 5.76. The quantitative estimate of drug-likeness (QED) is 0.722. The van der Waals surface area contributed by atoms with E-state index in [-0.39, 0.29) is 6.10 Å². The SMILES string of the molecule is CCN(CC)C(=O)n1nnn(-c2ccc(OC(C)C)c(Br)c2)c1=O. The van der Waals surface area contributed by atoms with Crippen molar-refractivity contribution in [1.82, 2.24) is 24.7 Å². The maximum Gasteiger partial charge on any atom is 0.377 e. The summed E-state index contributed by atoms with van der Waals surface area (Å²) in [5.74, 6) is 0.661. The van der Waals surface area contributed by atoms with Gasteiger partial charge in [-0.25, -0.2) is 9.59 Å². The third-order valence-electron chi connectivity index (χ3n) is 3.32. The second-order valence-electron chi connectivity index (χ2n) is 5.32. The number of aromatic nitrogens is 4. The molecule has 0 saturated carbocycles. The van der Waals surface area contributed by atoms with E-state index >= 15 is 0 Å². The second-order valence-corrected chi connectivity index (χ2v) is 6.18. The van der Waals surface area contributed by atoms with E-state index in [2.05, 4.69) is 26.4 Å². The number of amides is 1. The summed E-state index contributed by atoms with van der Waals surface area (Å²) in [5.41, 5.74) is -0.127. The van der Waals surface area contributed by atoms with Gasteiger partial charge in [-0.1, -0.05) is 0 Å². The standard InChI is InChI=1S/C15H20BrN5O3/c1-5-19(6-2)14(22)21-15(23)20(17-18-21)11-7-8-13(12(16)9-11)24-10(3)4/h7-10H,5-6H2,1-4H3. The van der Waals surface area contributed by atoms with Crippen LogP contribution in [0.3, 0.4) is 0 Å². The van der Waals surface area contributed by atoms with Crippen LogP contribution in [0.1, 0.15) is 27.7 Å². The molecule has 0 aliphatic rings. The Balaban J connectivity index is 2.36. The highest BCUT2D eigenvalue weighted by Crippen LogP contribution is 2.27. The molecule has 0 bridgehead atoms. The summed E-state index contributed by atoms with van der Waals surface area (Å²) in [6.07, 6.45) is 0.0300. The normalized spacial score (nSPS) is 10.9. The third kappa shape index (κ3) is 3.66. The Morgan fingerprint density at radius 1 is 1.29 bits per heavy atom. The van der Waals surface area contributed by atoms with Crippen molar-refractivity contribution >= 4 is 22.0 Å². The molecule has 0 saturated heterocycles. The molecule has 0 atom stereocenters. The first-order chi connectivity index (χ1) is 11.4. The second kappa shape index (κ2) is 7.61. The van der Waals surface area contributed by atoms with E-state index in [1.165, 1.54) is 4.90 Å². The number of carbonyl (C=O) groups is 1. The van der Waals surface area contributed by atoms with Crippen LogP contribution in [0.25, 0.3) is 5.69 Å². The minimum atomic E-state index is -0.615. The summed E-state index contributed by atoms with van der Waals surface area (Å²) >= 11 is 3.41. The van der Waals surface area contributed by atoms with Gasteiger partial charge in [0.05, 0.1) is 16.3 Å². The number of ether oxygens (including phenoxy) is 1. The number of carbonyl (C=O) groups excluding carboxylic acids is 1. The lowest BCUT2D eigenvalue weighted by Gasteiger charge is -2.16. The molecule has 0 spiro atoms. The van der Waals surface area contributed by atoms with Gasteiger partial charge in [0.1, 0.15) is 5.75 Å². The Morgan fingerprint density at radius 2 is 1.96 bits per heavy atom. The Labute approximate surface area is 148 Å². The van der Waals surface area contributed by atoms with E-state index in [0.29, 0.717) is 29.0 Å². The van der Waals surface area contributed by atoms with Crippen LogP contribution in [0.4, 0.5) is 4.79 Å². The molecule has 0 N–H and O–H groups in total. The number of halogens is 1. The van der Waals surface area contributed by atoms with Crippen molar-refractivity contribution in [3.63, 3.8) is 0 Å². The topological polar surface area (TPSA) is 82.2 Å². The van der Waals surface area contributed by atoms with Gasteiger partial charge < -0.3 is 9.64 Å². The molecule has 1 aromatic heterocycles. The zero-order valence-electron chi connectivity index (χ0n) is 14.1. The number of benzene rings is 1. The van der Waals surface area contributed by atoms with Gasteiger partial charge in [0.25, 0.3) is 0 Å². The number of nitrogens with zero attached hydrogens (tertiary/aromatic N) is 5. The summed E-state index contributed by atoms with van der Waals surface area (Å²) in [4.78, 5) is 26.2. The first-order valence-corrected chi connectivity index (χ1v) is 8.49. The highest BCUT2D eigenvalue weighted by Gasteiger charge is 2.19. The van der Waals surface area contributed by atoms with Gasteiger partial charge in [-0.05, 0) is 72.3 Å². The van der Waals surface area contributed by atoms with Gasteiger partial charge in [-0.3, -0.25) is 0 Å². The molecule has 2 aromatic rings. The lowest BCUT2D eigenvalue weighted by Crippen LogP contribution is -2.40. The molecule has 0 aliphatic carbocycles. The minimum absolute atomic E-state index is 0.0300. The first-order valence-electron chi connectivity index (χ1n) is 7.69. The molecular formula is C15H20BrN5O3. The van der Waals surface area contributed by atoms with Crippen molar-refractivity contribution < 1.29 is 9.53 Å². The van der Waals surface area contributed by atoms with Crippen LogP contribution >= 0.6 is 15.9 Å². The first kappa shape index (κ1) is 18.2. The van der Waals surface area contributed by atoms with Gasteiger partial charge >= 0.3 is 11.7 Å². The fourth-order valence-electron chi connectivity index (χ4n) is 2.13. The number of tetrazole rings is 1. The van der Waals surface area contributed by atoms with E-state index in [4.69, 9.17) is 4.74 Å². The van der Waals surface area contributed by atoms with Crippen LogP contribution in [0.5, 0.6) is 5.75 Å². The fraction of sp³-hybridized carbons (Fsp3) is 0.467. The van der Waals surface area contributed by atoms with E-state index in [0.717, 1.165) is 9.36 Å². The van der Waals surface area contributed by atoms with Gasteiger partial charge in [0, 0.05) is 13.1 Å². The highest BCUT2D eigenvalue weighted by atomic mass is 79.9. The maximum atomic E-state index is 12.4. The van der Waals surface area contributed by atoms with Crippen LogP contribution in [0, 0.1) is 0 Å². The molecule has 1 amide bonds. The maximum absolute atomic E-state index is 12.4. The van der Waals surface area contributed by atoms with Crippen LogP contribution < -0.4 is 10.4 Å². The van der Waals surface area contributed by atoms with Crippen molar-refractivity contribution in [2.45, 2.75) is 33.8 Å². The van der Waals surface area contributed by atoms with E-state index in [1.54, 1.807) is 18.2 Å². The largest absolute Gasteiger partial charge is 0.490 e. The van der Waals surface area contributed by atoms with Gasteiger partial charge in [0.2, 0.25) is 0 Å². The number of rotatable bonds is 5. The van der Waals surface area contributed by atoms with E-state index in [9.17, 15) is 9.59 Å². The Bertz CT molecular complexity index is 780. The summed E-state index contributed by atoms with van der Waals surface area (Å²) in [5, 5.41) is 7.49. The fourth-order valence-corrected chi connectivity index (χ4v) is 2.59. The predicted octanol–water partition coefficient (Wildman–Crippen LogP) is 2.29. The summed E-state index contributed by atoms with van der Waals surface area (Å²) < 4.78 is 8.16. The predicted molar refractivity (Wildman–Crippen MR) is 92.8 cm³/mol. The minimum Gasteiger partial charge on any atom is -0.490 e. The molecule has 1 heterocycles. The Morgan fingerprint density at radius 3 is 2.50 bits per heavy atom.